The Hall–Kier alpha value is -1.04. The lowest BCUT2D eigenvalue weighted by atomic mass is 9.49. The SMILES string of the molecule is CC(C)(C)CC(C)(C(=O)OC1(CC#N)C2CC3CC(C2)CC1C3)C(C)(C)C. The molecule has 0 N–H and O–H groups in total. The Labute approximate surface area is 166 Å². The zero-order chi connectivity index (χ0) is 20.3. The lowest BCUT2D eigenvalue weighted by molar-refractivity contribution is -0.222. The maximum Gasteiger partial charge on any atom is 0.312 e. The maximum atomic E-state index is 13.7. The van der Waals surface area contributed by atoms with E-state index in [1.165, 1.54) is 6.42 Å². The molecule has 0 amide bonds. The van der Waals surface area contributed by atoms with Crippen LogP contribution in [0.3, 0.4) is 0 Å². The van der Waals surface area contributed by atoms with E-state index in [4.69, 9.17) is 4.74 Å². The zero-order valence-corrected chi connectivity index (χ0v) is 18.5. The molecule has 0 aromatic carbocycles. The second kappa shape index (κ2) is 6.50. The highest BCUT2D eigenvalue weighted by Crippen LogP contribution is 2.61. The largest absolute Gasteiger partial charge is 0.457 e. The van der Waals surface area contributed by atoms with Crippen molar-refractivity contribution in [1.82, 2.24) is 0 Å². The van der Waals surface area contributed by atoms with Gasteiger partial charge in [-0.25, -0.2) is 0 Å². The third kappa shape index (κ3) is 3.54. The minimum Gasteiger partial charge on any atom is -0.457 e. The fraction of sp³-hybridized carbons (Fsp3) is 0.917. The highest BCUT2D eigenvalue weighted by molar-refractivity contribution is 5.78. The first-order valence-corrected chi connectivity index (χ1v) is 10.9. The molecule has 152 valence electrons. The molecule has 4 fully saturated rings. The van der Waals surface area contributed by atoms with Gasteiger partial charge in [0.1, 0.15) is 5.60 Å². The predicted molar refractivity (Wildman–Crippen MR) is 108 cm³/mol. The molecule has 0 aromatic heterocycles. The average molecular weight is 374 g/mol. The second-order valence-corrected chi connectivity index (χ2v) is 12.3. The molecule has 1 atom stereocenters. The number of nitrogens with zero attached hydrogens (tertiary/aromatic N) is 1. The van der Waals surface area contributed by atoms with Crippen LogP contribution in [0.25, 0.3) is 0 Å². The van der Waals surface area contributed by atoms with Crippen molar-refractivity contribution < 1.29 is 9.53 Å². The van der Waals surface area contributed by atoms with Crippen LogP contribution < -0.4 is 0 Å². The summed E-state index contributed by atoms with van der Waals surface area (Å²) in [6.07, 6.45) is 7.09. The van der Waals surface area contributed by atoms with Crippen LogP contribution in [0.4, 0.5) is 0 Å². The first kappa shape index (κ1) is 20.7. The van der Waals surface area contributed by atoms with Crippen LogP contribution in [0.1, 0.15) is 93.4 Å². The van der Waals surface area contributed by atoms with Gasteiger partial charge in [0.25, 0.3) is 0 Å². The summed E-state index contributed by atoms with van der Waals surface area (Å²) in [4.78, 5) is 13.7. The Bertz CT molecular complexity index is 602. The van der Waals surface area contributed by atoms with Crippen LogP contribution in [-0.4, -0.2) is 11.6 Å². The summed E-state index contributed by atoms with van der Waals surface area (Å²) >= 11 is 0. The Morgan fingerprint density at radius 2 is 1.44 bits per heavy atom. The van der Waals surface area contributed by atoms with Gasteiger partial charge in [-0.05, 0) is 68.1 Å². The van der Waals surface area contributed by atoms with E-state index in [-0.39, 0.29) is 16.8 Å². The van der Waals surface area contributed by atoms with Crippen LogP contribution in [-0.2, 0) is 9.53 Å². The summed E-state index contributed by atoms with van der Waals surface area (Å²) in [5.74, 6) is 2.28. The Kier molecular flexibility index (Phi) is 4.98. The first-order valence-electron chi connectivity index (χ1n) is 10.9. The lowest BCUT2D eigenvalue weighted by Crippen LogP contribution is -2.61. The summed E-state index contributed by atoms with van der Waals surface area (Å²) in [6.45, 7) is 15.1. The predicted octanol–water partition coefficient (Wildman–Crippen LogP) is 6.13. The van der Waals surface area contributed by atoms with E-state index >= 15 is 0 Å². The van der Waals surface area contributed by atoms with Crippen LogP contribution >= 0.6 is 0 Å². The lowest BCUT2D eigenvalue weighted by Gasteiger charge is -2.60. The van der Waals surface area contributed by atoms with Gasteiger partial charge in [0.15, 0.2) is 0 Å². The average Bonchev–Trinajstić information content (AvgIpc) is 2.49. The van der Waals surface area contributed by atoms with Gasteiger partial charge in [-0.1, -0.05) is 41.5 Å². The quantitative estimate of drug-likeness (QED) is 0.557. The molecule has 0 aliphatic heterocycles. The van der Waals surface area contributed by atoms with E-state index in [0.29, 0.717) is 18.3 Å². The molecule has 4 aliphatic rings. The number of hydrogen-bond acceptors (Lipinski definition) is 3. The third-order valence-corrected chi connectivity index (χ3v) is 8.15. The van der Waals surface area contributed by atoms with Gasteiger partial charge >= 0.3 is 5.97 Å². The molecule has 0 saturated heterocycles. The van der Waals surface area contributed by atoms with Crippen molar-refractivity contribution in [2.45, 2.75) is 99.0 Å². The number of ether oxygens (including phenoxy) is 1. The molecule has 4 bridgehead atoms. The second-order valence-electron chi connectivity index (χ2n) is 12.3. The molecule has 27 heavy (non-hydrogen) atoms. The number of rotatable bonds is 4. The third-order valence-electron chi connectivity index (χ3n) is 8.15. The van der Waals surface area contributed by atoms with E-state index in [9.17, 15) is 10.1 Å². The summed E-state index contributed by atoms with van der Waals surface area (Å²) in [7, 11) is 0. The fourth-order valence-corrected chi connectivity index (χ4v) is 6.59. The summed E-state index contributed by atoms with van der Waals surface area (Å²) < 4.78 is 6.53. The Morgan fingerprint density at radius 1 is 0.963 bits per heavy atom. The molecule has 0 aromatic rings. The minimum absolute atomic E-state index is 0.0352. The van der Waals surface area contributed by atoms with E-state index in [1.54, 1.807) is 0 Å². The monoisotopic (exact) mass is 373 g/mol. The maximum absolute atomic E-state index is 13.7. The highest BCUT2D eigenvalue weighted by Gasteiger charge is 2.61. The van der Waals surface area contributed by atoms with Crippen molar-refractivity contribution in [3.8, 4) is 6.07 Å². The number of carbonyl (C=O) groups is 1. The van der Waals surface area contributed by atoms with Gasteiger partial charge in [-0.3, -0.25) is 4.79 Å². The van der Waals surface area contributed by atoms with Gasteiger partial charge in [-0.15, -0.1) is 0 Å². The molecular formula is C24H39NO2. The molecule has 3 heteroatoms. The topological polar surface area (TPSA) is 50.1 Å². The van der Waals surface area contributed by atoms with Crippen molar-refractivity contribution in [3.63, 3.8) is 0 Å². The first-order chi connectivity index (χ1) is 12.3. The smallest absolute Gasteiger partial charge is 0.312 e. The Balaban J connectivity index is 1.92. The van der Waals surface area contributed by atoms with E-state index < -0.39 is 11.0 Å². The summed E-state index contributed by atoms with van der Waals surface area (Å²) in [5.41, 5.74) is -1.27. The van der Waals surface area contributed by atoms with Crippen molar-refractivity contribution in [2.24, 2.45) is 39.9 Å². The van der Waals surface area contributed by atoms with Crippen LogP contribution in [0.5, 0.6) is 0 Å². The van der Waals surface area contributed by atoms with Gasteiger partial charge < -0.3 is 4.74 Å². The number of carbonyl (C=O) groups excluding carboxylic acids is 1. The van der Waals surface area contributed by atoms with Gasteiger partial charge in [0.2, 0.25) is 0 Å². The standard InChI is InChI=1S/C24H39NO2/c1-21(2,3)15-23(7,22(4,5)6)20(26)27-24(8-9-25)18-11-16-10-17(13-18)14-19(24)12-16/h16-19H,8,10-15H2,1-7H3. The molecule has 0 spiro atoms. The number of hydrogen-bond donors (Lipinski definition) is 0. The van der Waals surface area contributed by atoms with Crippen LogP contribution in [0.15, 0.2) is 0 Å². The van der Waals surface area contributed by atoms with Crippen molar-refractivity contribution in [3.05, 3.63) is 0 Å². The molecule has 4 aliphatic carbocycles. The number of nitriles is 1. The van der Waals surface area contributed by atoms with Gasteiger partial charge in [0, 0.05) is 11.8 Å². The highest BCUT2D eigenvalue weighted by atomic mass is 16.6. The summed E-state index contributed by atoms with van der Waals surface area (Å²) in [5, 5.41) is 9.64. The molecule has 1 unspecified atom stereocenters. The summed E-state index contributed by atoms with van der Waals surface area (Å²) in [6, 6.07) is 2.40. The normalized spacial score (nSPS) is 37.6. The van der Waals surface area contributed by atoms with Crippen LogP contribution in [0.2, 0.25) is 0 Å². The zero-order valence-electron chi connectivity index (χ0n) is 18.5. The number of esters is 1. The minimum atomic E-state index is -0.567. The molecule has 0 heterocycles. The molecular weight excluding hydrogens is 334 g/mol. The van der Waals surface area contributed by atoms with Crippen molar-refractivity contribution in [1.29, 1.82) is 5.26 Å². The molecule has 0 radical (unpaired) electrons. The van der Waals surface area contributed by atoms with Gasteiger partial charge in [0.05, 0.1) is 17.9 Å². The van der Waals surface area contributed by atoms with E-state index in [1.807, 2.05) is 0 Å². The van der Waals surface area contributed by atoms with Gasteiger partial charge in [-0.2, -0.15) is 5.26 Å². The van der Waals surface area contributed by atoms with Crippen LogP contribution in [0, 0.1) is 51.2 Å². The van der Waals surface area contributed by atoms with Crippen molar-refractivity contribution >= 4 is 5.97 Å². The molecule has 4 saturated carbocycles. The Morgan fingerprint density at radius 3 is 1.81 bits per heavy atom. The van der Waals surface area contributed by atoms with E-state index in [0.717, 1.165) is 43.9 Å². The molecule has 4 rings (SSSR count). The molecule has 3 nitrogen and oxygen atoms in total. The van der Waals surface area contributed by atoms with E-state index in [2.05, 4.69) is 54.5 Å². The fourth-order valence-electron chi connectivity index (χ4n) is 6.59. The van der Waals surface area contributed by atoms with Crippen molar-refractivity contribution in [2.75, 3.05) is 0 Å².